The molecule has 0 aliphatic heterocycles. The first kappa shape index (κ1) is 16.2. The van der Waals surface area contributed by atoms with Gasteiger partial charge in [-0.1, -0.05) is 42.5 Å². The standard InChI is InChI=1S/C20H20O4/c1-3-23-20(22)13(2)17-15-11-7-8-12-16(15)24-19(17)18(21)14-9-5-4-6-10-14/h4-7,9-11,13H,3,8,12H2,1-2H3. The number of ether oxygens (including phenoxy) is 1. The summed E-state index contributed by atoms with van der Waals surface area (Å²) in [5, 5.41) is 0. The van der Waals surface area contributed by atoms with Crippen LogP contribution in [0.1, 0.15) is 59.2 Å². The number of carbonyl (C=O) groups excluding carboxylic acids is 2. The first-order valence-corrected chi connectivity index (χ1v) is 8.22. The molecule has 0 radical (unpaired) electrons. The highest BCUT2D eigenvalue weighted by Crippen LogP contribution is 2.35. The Kier molecular flexibility index (Phi) is 4.65. The molecule has 4 nitrogen and oxygen atoms in total. The number of rotatable bonds is 5. The fourth-order valence-corrected chi connectivity index (χ4v) is 2.99. The Morgan fingerprint density at radius 1 is 1.25 bits per heavy atom. The van der Waals surface area contributed by atoms with Crippen molar-refractivity contribution in [3.8, 4) is 0 Å². The van der Waals surface area contributed by atoms with Gasteiger partial charge in [-0.25, -0.2) is 0 Å². The van der Waals surface area contributed by atoms with E-state index in [2.05, 4.69) is 0 Å². The van der Waals surface area contributed by atoms with E-state index in [-0.39, 0.29) is 17.5 Å². The van der Waals surface area contributed by atoms with Gasteiger partial charge in [-0.2, -0.15) is 0 Å². The monoisotopic (exact) mass is 324 g/mol. The molecule has 0 spiro atoms. The van der Waals surface area contributed by atoms with Crippen LogP contribution in [0.3, 0.4) is 0 Å². The molecule has 1 heterocycles. The third kappa shape index (κ3) is 2.92. The van der Waals surface area contributed by atoms with Gasteiger partial charge >= 0.3 is 5.97 Å². The van der Waals surface area contributed by atoms with Crippen molar-refractivity contribution >= 4 is 17.8 Å². The summed E-state index contributed by atoms with van der Waals surface area (Å²) in [5.74, 6) is -0.0872. The molecule has 124 valence electrons. The summed E-state index contributed by atoms with van der Waals surface area (Å²) >= 11 is 0. The summed E-state index contributed by atoms with van der Waals surface area (Å²) in [4.78, 5) is 25.1. The van der Waals surface area contributed by atoms with Crippen LogP contribution in [0.4, 0.5) is 0 Å². The lowest BCUT2D eigenvalue weighted by Crippen LogP contribution is -2.16. The van der Waals surface area contributed by atoms with Crippen LogP contribution < -0.4 is 0 Å². The van der Waals surface area contributed by atoms with Gasteiger partial charge in [-0.3, -0.25) is 9.59 Å². The van der Waals surface area contributed by atoms with Crippen molar-refractivity contribution in [2.24, 2.45) is 0 Å². The van der Waals surface area contributed by atoms with E-state index in [1.54, 1.807) is 26.0 Å². The second kappa shape index (κ2) is 6.87. The first-order valence-electron chi connectivity index (χ1n) is 8.22. The maximum absolute atomic E-state index is 12.9. The van der Waals surface area contributed by atoms with Crippen molar-refractivity contribution < 1.29 is 18.7 Å². The second-order valence-electron chi connectivity index (χ2n) is 5.79. The lowest BCUT2D eigenvalue weighted by Gasteiger charge is -2.12. The SMILES string of the molecule is CCOC(=O)C(C)c1c(C(=O)c2ccccc2)oc2c1C=CCC2. The molecule has 0 saturated carbocycles. The zero-order valence-electron chi connectivity index (χ0n) is 13.9. The summed E-state index contributed by atoms with van der Waals surface area (Å²) in [6.45, 7) is 3.83. The molecule has 4 heteroatoms. The van der Waals surface area contributed by atoms with Crippen molar-refractivity contribution in [1.29, 1.82) is 0 Å². The van der Waals surface area contributed by atoms with Crippen molar-refractivity contribution in [3.05, 3.63) is 64.6 Å². The topological polar surface area (TPSA) is 56.5 Å². The molecule has 1 aliphatic carbocycles. The molecule has 0 N–H and O–H groups in total. The largest absolute Gasteiger partial charge is 0.466 e. The van der Waals surface area contributed by atoms with Crippen LogP contribution in [-0.4, -0.2) is 18.4 Å². The first-order chi connectivity index (χ1) is 11.6. The number of ketones is 1. The number of fused-ring (bicyclic) bond motifs is 1. The van der Waals surface area contributed by atoms with Crippen LogP contribution in [-0.2, 0) is 16.0 Å². The average molecular weight is 324 g/mol. The van der Waals surface area contributed by atoms with E-state index in [0.717, 1.165) is 24.2 Å². The van der Waals surface area contributed by atoms with Gasteiger partial charge < -0.3 is 9.15 Å². The number of aryl methyl sites for hydroxylation is 1. The lowest BCUT2D eigenvalue weighted by molar-refractivity contribution is -0.144. The summed E-state index contributed by atoms with van der Waals surface area (Å²) < 4.78 is 11.0. The van der Waals surface area contributed by atoms with Crippen molar-refractivity contribution in [2.75, 3.05) is 6.61 Å². The molecule has 1 aliphatic rings. The summed E-state index contributed by atoms with van der Waals surface area (Å²) in [5.41, 5.74) is 2.03. The molecule has 0 saturated heterocycles. The Morgan fingerprint density at radius 3 is 2.71 bits per heavy atom. The summed E-state index contributed by atoms with van der Waals surface area (Å²) in [7, 11) is 0. The number of furan rings is 1. The second-order valence-corrected chi connectivity index (χ2v) is 5.79. The van der Waals surface area contributed by atoms with E-state index in [0.29, 0.717) is 17.7 Å². The molecule has 0 bridgehead atoms. The van der Waals surface area contributed by atoms with Gasteiger partial charge in [-0.05, 0) is 20.3 Å². The van der Waals surface area contributed by atoms with Gasteiger partial charge in [0.1, 0.15) is 5.76 Å². The van der Waals surface area contributed by atoms with E-state index < -0.39 is 5.92 Å². The fourth-order valence-electron chi connectivity index (χ4n) is 2.99. The summed E-state index contributed by atoms with van der Waals surface area (Å²) in [6, 6.07) is 8.97. The predicted octanol–water partition coefficient (Wildman–Crippen LogP) is 4.14. The fraction of sp³-hybridized carbons (Fsp3) is 0.300. The molecule has 1 unspecified atom stereocenters. The van der Waals surface area contributed by atoms with Gasteiger partial charge in [-0.15, -0.1) is 0 Å². The maximum atomic E-state index is 12.9. The maximum Gasteiger partial charge on any atom is 0.313 e. The number of hydrogen-bond acceptors (Lipinski definition) is 4. The smallest absolute Gasteiger partial charge is 0.313 e. The number of esters is 1. The molecule has 2 aromatic rings. The van der Waals surface area contributed by atoms with Crippen LogP contribution >= 0.6 is 0 Å². The minimum atomic E-state index is -0.553. The molecule has 1 aromatic heterocycles. The lowest BCUT2D eigenvalue weighted by atomic mass is 9.91. The molecule has 1 aromatic carbocycles. The molecule has 0 fully saturated rings. The number of carbonyl (C=O) groups is 2. The quantitative estimate of drug-likeness (QED) is 0.613. The Balaban J connectivity index is 2.09. The highest BCUT2D eigenvalue weighted by molar-refractivity contribution is 6.09. The van der Waals surface area contributed by atoms with Gasteiger partial charge in [0.05, 0.1) is 12.5 Å². The van der Waals surface area contributed by atoms with Crippen LogP contribution in [0.15, 0.2) is 40.8 Å². The van der Waals surface area contributed by atoms with E-state index in [1.807, 2.05) is 30.4 Å². The van der Waals surface area contributed by atoms with E-state index in [4.69, 9.17) is 9.15 Å². The molecule has 24 heavy (non-hydrogen) atoms. The number of allylic oxidation sites excluding steroid dienone is 1. The Morgan fingerprint density at radius 2 is 2.00 bits per heavy atom. The van der Waals surface area contributed by atoms with Crippen molar-refractivity contribution in [3.63, 3.8) is 0 Å². The predicted molar refractivity (Wildman–Crippen MR) is 91.0 cm³/mol. The number of benzene rings is 1. The Hall–Kier alpha value is -2.62. The minimum absolute atomic E-state index is 0.204. The van der Waals surface area contributed by atoms with Crippen molar-refractivity contribution in [2.45, 2.75) is 32.6 Å². The Labute approximate surface area is 141 Å². The van der Waals surface area contributed by atoms with Gasteiger partial charge in [0.2, 0.25) is 5.78 Å². The highest BCUT2D eigenvalue weighted by Gasteiger charge is 2.32. The zero-order valence-corrected chi connectivity index (χ0v) is 13.9. The van der Waals surface area contributed by atoms with E-state index >= 15 is 0 Å². The van der Waals surface area contributed by atoms with Crippen LogP contribution in [0.5, 0.6) is 0 Å². The summed E-state index contributed by atoms with van der Waals surface area (Å²) in [6.07, 6.45) is 5.58. The molecule has 1 atom stereocenters. The van der Waals surface area contributed by atoms with Crippen LogP contribution in [0.2, 0.25) is 0 Å². The van der Waals surface area contributed by atoms with Crippen LogP contribution in [0, 0.1) is 0 Å². The van der Waals surface area contributed by atoms with Crippen molar-refractivity contribution in [1.82, 2.24) is 0 Å². The highest BCUT2D eigenvalue weighted by atomic mass is 16.5. The minimum Gasteiger partial charge on any atom is -0.466 e. The van der Waals surface area contributed by atoms with Crippen LogP contribution in [0.25, 0.3) is 6.08 Å². The van der Waals surface area contributed by atoms with Gasteiger partial charge in [0.15, 0.2) is 5.76 Å². The number of hydrogen-bond donors (Lipinski definition) is 0. The molecular formula is C20H20O4. The van der Waals surface area contributed by atoms with E-state index in [1.165, 1.54) is 0 Å². The third-order valence-corrected chi connectivity index (χ3v) is 4.20. The zero-order chi connectivity index (χ0) is 17.1. The third-order valence-electron chi connectivity index (χ3n) is 4.20. The van der Waals surface area contributed by atoms with Gasteiger partial charge in [0.25, 0.3) is 0 Å². The molecular weight excluding hydrogens is 304 g/mol. The average Bonchev–Trinajstić information content (AvgIpc) is 3.00. The molecule has 3 rings (SSSR count). The normalized spacial score (nSPS) is 14.1. The molecule has 0 amide bonds. The van der Waals surface area contributed by atoms with E-state index in [9.17, 15) is 9.59 Å². The Bertz CT molecular complexity index is 783. The van der Waals surface area contributed by atoms with Gasteiger partial charge in [0, 0.05) is 23.1 Å².